The van der Waals surface area contributed by atoms with Crippen LogP contribution in [0.15, 0.2) is 35.2 Å². The number of carbonyl (C=O) groups excluding carboxylic acids is 1. The number of fused-ring (bicyclic) bond motifs is 1. The van der Waals surface area contributed by atoms with Crippen molar-refractivity contribution in [3.8, 4) is 11.8 Å². The fourth-order valence-corrected chi connectivity index (χ4v) is 6.35. The van der Waals surface area contributed by atoms with Gasteiger partial charge in [0, 0.05) is 21.8 Å². The highest BCUT2D eigenvalue weighted by molar-refractivity contribution is 7.99. The van der Waals surface area contributed by atoms with Crippen LogP contribution in [0, 0.1) is 11.8 Å². The zero-order chi connectivity index (χ0) is 21.4. The summed E-state index contributed by atoms with van der Waals surface area (Å²) >= 11 is 3.75. The maximum Gasteiger partial charge on any atom is 0.305 e. The number of thiophene rings is 1. The molecule has 0 saturated heterocycles. The summed E-state index contributed by atoms with van der Waals surface area (Å²) in [7, 11) is 0. The molecule has 0 radical (unpaired) electrons. The maximum absolute atomic E-state index is 11.4. The van der Waals surface area contributed by atoms with Gasteiger partial charge in [0.1, 0.15) is 0 Å². The Bertz CT molecular complexity index is 913. The van der Waals surface area contributed by atoms with E-state index in [0.717, 1.165) is 29.7 Å². The SMILES string of the molecule is CCOC(=O)CCCCc1ccc(C#Cc2ccc3c(c2)C(CC)(CC)CCS3)s1. The molecule has 0 spiro atoms. The quantitative estimate of drug-likeness (QED) is 0.252. The van der Waals surface area contributed by atoms with Gasteiger partial charge in [-0.15, -0.1) is 23.1 Å². The van der Waals surface area contributed by atoms with Gasteiger partial charge >= 0.3 is 5.97 Å². The van der Waals surface area contributed by atoms with Gasteiger partial charge in [-0.3, -0.25) is 4.79 Å². The van der Waals surface area contributed by atoms with E-state index < -0.39 is 0 Å². The molecule has 0 fully saturated rings. The van der Waals surface area contributed by atoms with Crippen molar-refractivity contribution in [2.45, 2.75) is 76.0 Å². The van der Waals surface area contributed by atoms with Crippen LogP contribution in [-0.4, -0.2) is 18.3 Å². The first-order valence-electron chi connectivity index (χ1n) is 11.1. The molecule has 1 aromatic heterocycles. The number of hydrogen-bond acceptors (Lipinski definition) is 4. The van der Waals surface area contributed by atoms with Gasteiger partial charge in [-0.05, 0) is 92.5 Å². The second-order valence-corrected chi connectivity index (χ2v) is 10.1. The largest absolute Gasteiger partial charge is 0.466 e. The average Bonchev–Trinajstić information content (AvgIpc) is 3.23. The van der Waals surface area contributed by atoms with Gasteiger partial charge in [-0.25, -0.2) is 0 Å². The molecule has 2 nitrogen and oxygen atoms in total. The zero-order valence-electron chi connectivity index (χ0n) is 18.4. The molecule has 0 N–H and O–H groups in total. The zero-order valence-corrected chi connectivity index (χ0v) is 20.0. The van der Waals surface area contributed by atoms with E-state index in [1.165, 1.54) is 40.4 Å². The van der Waals surface area contributed by atoms with Gasteiger partial charge < -0.3 is 4.74 Å². The maximum atomic E-state index is 11.4. The number of carbonyl (C=O) groups is 1. The lowest BCUT2D eigenvalue weighted by Gasteiger charge is -2.37. The third-order valence-corrected chi connectivity index (χ3v) is 8.23. The molecule has 4 heteroatoms. The normalized spacial score (nSPS) is 14.5. The molecule has 0 bridgehead atoms. The molecule has 30 heavy (non-hydrogen) atoms. The third-order valence-electron chi connectivity index (χ3n) is 6.09. The second-order valence-electron chi connectivity index (χ2n) is 7.82. The van der Waals surface area contributed by atoms with Gasteiger partial charge in [-0.1, -0.05) is 25.7 Å². The van der Waals surface area contributed by atoms with Gasteiger partial charge in [0.15, 0.2) is 0 Å². The Kier molecular flexibility index (Phi) is 8.48. The molecule has 2 aromatic rings. The summed E-state index contributed by atoms with van der Waals surface area (Å²) in [6.45, 7) is 6.95. The predicted octanol–water partition coefficient (Wildman–Crippen LogP) is 6.98. The minimum absolute atomic E-state index is 0.0890. The molecule has 0 unspecified atom stereocenters. The molecule has 1 aromatic carbocycles. The van der Waals surface area contributed by atoms with Crippen LogP contribution in [0.5, 0.6) is 0 Å². The van der Waals surface area contributed by atoms with Crippen LogP contribution < -0.4 is 0 Å². The minimum Gasteiger partial charge on any atom is -0.466 e. The van der Waals surface area contributed by atoms with Crippen LogP contribution in [0.2, 0.25) is 0 Å². The third kappa shape index (κ3) is 5.71. The molecule has 0 aliphatic carbocycles. The number of esters is 1. The highest BCUT2D eigenvalue weighted by Crippen LogP contribution is 2.46. The van der Waals surface area contributed by atoms with E-state index in [4.69, 9.17) is 4.74 Å². The molecular weight excluding hydrogens is 408 g/mol. The fourth-order valence-electron chi connectivity index (χ4n) is 4.14. The summed E-state index contributed by atoms with van der Waals surface area (Å²) in [5.41, 5.74) is 2.94. The van der Waals surface area contributed by atoms with E-state index in [1.54, 1.807) is 11.3 Å². The number of aryl methyl sites for hydroxylation is 1. The van der Waals surface area contributed by atoms with Crippen LogP contribution in [0.3, 0.4) is 0 Å². The number of benzene rings is 1. The Hall–Kier alpha value is -1.70. The van der Waals surface area contributed by atoms with E-state index in [2.05, 4.69) is 56.0 Å². The van der Waals surface area contributed by atoms with Crippen molar-refractivity contribution in [3.63, 3.8) is 0 Å². The average molecular weight is 441 g/mol. The van der Waals surface area contributed by atoms with Crippen molar-refractivity contribution >= 4 is 29.1 Å². The molecule has 160 valence electrons. The standard InChI is InChI=1S/C26H32O2S2/c1-4-26(5-2)17-18-29-24-16-12-20(19-23(24)26)11-13-22-15-14-21(30-22)9-7-8-10-25(27)28-6-3/h12,14-16,19H,4-10,17-18H2,1-3H3. The number of rotatable bonds is 8. The molecule has 0 atom stereocenters. The van der Waals surface area contributed by atoms with E-state index in [1.807, 2.05) is 18.7 Å². The van der Waals surface area contributed by atoms with Crippen LogP contribution in [0.4, 0.5) is 0 Å². The van der Waals surface area contributed by atoms with Gasteiger partial charge in [0.25, 0.3) is 0 Å². The summed E-state index contributed by atoms with van der Waals surface area (Å²) in [6.07, 6.45) is 7.04. The second kappa shape index (κ2) is 11.1. The van der Waals surface area contributed by atoms with Crippen LogP contribution in [-0.2, 0) is 21.4 Å². The van der Waals surface area contributed by atoms with E-state index >= 15 is 0 Å². The number of unbranched alkanes of at least 4 members (excludes halogenated alkanes) is 1. The van der Waals surface area contributed by atoms with Gasteiger partial charge in [0.2, 0.25) is 0 Å². The molecule has 3 rings (SSSR count). The topological polar surface area (TPSA) is 26.3 Å². The number of thioether (sulfide) groups is 1. The number of hydrogen-bond donors (Lipinski definition) is 0. The summed E-state index contributed by atoms with van der Waals surface area (Å²) in [5.74, 6) is 7.89. The Labute approximate surface area is 189 Å². The molecular formula is C26H32O2S2. The van der Waals surface area contributed by atoms with Crippen molar-refractivity contribution < 1.29 is 9.53 Å². The Morgan fingerprint density at radius 2 is 1.93 bits per heavy atom. The van der Waals surface area contributed by atoms with E-state index in [-0.39, 0.29) is 5.97 Å². The molecule has 0 amide bonds. The lowest BCUT2D eigenvalue weighted by Crippen LogP contribution is -2.28. The molecule has 1 aliphatic rings. The predicted molar refractivity (Wildman–Crippen MR) is 129 cm³/mol. The van der Waals surface area contributed by atoms with Crippen molar-refractivity contribution in [2.24, 2.45) is 0 Å². The molecule has 1 aliphatic heterocycles. The van der Waals surface area contributed by atoms with Gasteiger partial charge in [-0.2, -0.15) is 0 Å². The summed E-state index contributed by atoms with van der Waals surface area (Å²) in [4.78, 5) is 15.3. The Morgan fingerprint density at radius 1 is 1.10 bits per heavy atom. The van der Waals surface area contributed by atoms with Gasteiger partial charge in [0.05, 0.1) is 11.5 Å². The molecule has 0 saturated carbocycles. The van der Waals surface area contributed by atoms with Crippen LogP contribution >= 0.6 is 23.1 Å². The van der Waals surface area contributed by atoms with Crippen LogP contribution in [0.25, 0.3) is 0 Å². The fraction of sp³-hybridized carbons (Fsp3) is 0.500. The van der Waals surface area contributed by atoms with Crippen molar-refractivity contribution in [2.75, 3.05) is 12.4 Å². The first kappa shape index (κ1) is 23.0. The Balaban J connectivity index is 1.62. The lowest BCUT2D eigenvalue weighted by molar-refractivity contribution is -0.143. The highest BCUT2D eigenvalue weighted by Gasteiger charge is 2.33. The Morgan fingerprint density at radius 3 is 2.70 bits per heavy atom. The first-order valence-corrected chi connectivity index (χ1v) is 12.9. The van der Waals surface area contributed by atoms with Crippen LogP contribution in [0.1, 0.15) is 80.2 Å². The monoisotopic (exact) mass is 440 g/mol. The summed E-state index contributed by atoms with van der Waals surface area (Å²) < 4.78 is 4.98. The molecule has 2 heterocycles. The summed E-state index contributed by atoms with van der Waals surface area (Å²) in [5, 5.41) is 0. The van der Waals surface area contributed by atoms with Crippen molar-refractivity contribution in [1.82, 2.24) is 0 Å². The van der Waals surface area contributed by atoms with E-state index in [0.29, 0.717) is 18.4 Å². The highest BCUT2D eigenvalue weighted by atomic mass is 32.2. The summed E-state index contributed by atoms with van der Waals surface area (Å²) in [6, 6.07) is 11.1. The minimum atomic E-state index is -0.0890. The smallest absolute Gasteiger partial charge is 0.305 e. The number of ether oxygens (including phenoxy) is 1. The van der Waals surface area contributed by atoms with Crippen molar-refractivity contribution in [3.05, 3.63) is 51.2 Å². The first-order chi connectivity index (χ1) is 14.6. The lowest BCUT2D eigenvalue weighted by atomic mass is 9.73. The van der Waals surface area contributed by atoms with Crippen molar-refractivity contribution in [1.29, 1.82) is 0 Å². The van der Waals surface area contributed by atoms with E-state index in [9.17, 15) is 4.79 Å².